The largest absolute Gasteiger partial charge is 0.337 e. The summed E-state index contributed by atoms with van der Waals surface area (Å²) in [6.07, 6.45) is 2.51. The summed E-state index contributed by atoms with van der Waals surface area (Å²) in [6, 6.07) is 37.1. The highest BCUT2D eigenvalue weighted by Gasteiger charge is 2.51. The minimum Gasteiger partial charge on any atom is -0.209 e. The van der Waals surface area contributed by atoms with Crippen LogP contribution in [-0.4, -0.2) is 10.9 Å². The molecule has 4 aromatic carbocycles. The Bertz CT molecular complexity index is 1500. The van der Waals surface area contributed by atoms with Crippen molar-refractivity contribution < 1.29 is 9.48 Å². The van der Waals surface area contributed by atoms with Gasteiger partial charge in [-0.15, -0.1) is 4.58 Å². The molecule has 5 rings (SSSR count). The first-order valence-electron chi connectivity index (χ1n) is 15.5. The van der Waals surface area contributed by atoms with Crippen molar-refractivity contribution in [1.29, 1.82) is 0 Å². The van der Waals surface area contributed by atoms with E-state index in [2.05, 4.69) is 163 Å². The van der Waals surface area contributed by atoms with Gasteiger partial charge in [0.05, 0.1) is 0 Å². The maximum atomic E-state index is 2.62. The first kappa shape index (κ1) is 29.0. The first-order chi connectivity index (χ1) is 19.7. The third kappa shape index (κ3) is 5.81. The van der Waals surface area contributed by atoms with E-state index in [0.717, 1.165) is 0 Å². The Balaban J connectivity index is 1.84. The van der Waals surface area contributed by atoms with Crippen LogP contribution in [0.25, 0.3) is 0 Å². The molecule has 1 heterocycles. The summed E-state index contributed by atoms with van der Waals surface area (Å²) >= 11 is 0. The fraction of sp³-hybridized carbons (Fsp3) is 0.359. The van der Waals surface area contributed by atoms with Crippen molar-refractivity contribution in [1.82, 2.24) is 0 Å². The lowest BCUT2D eigenvalue weighted by atomic mass is 9.89. The zero-order chi connectivity index (χ0) is 29.3. The molecular weight excluding hydrogens is 496 g/mol. The summed E-state index contributed by atoms with van der Waals surface area (Å²) < 4.78 is 2.62. The van der Waals surface area contributed by atoms with Crippen LogP contribution >= 0.6 is 0 Å². The minimum absolute atomic E-state index is 0.149. The molecule has 1 aliphatic heterocycles. The maximum Gasteiger partial charge on any atom is 0.337 e. The predicted molar refractivity (Wildman–Crippen MR) is 174 cm³/mol. The molecule has 4 aromatic rings. The monoisotopic (exact) mass is 544 g/mol. The van der Waals surface area contributed by atoms with Crippen LogP contribution in [0.5, 0.6) is 0 Å². The number of hydrogen-bond donors (Lipinski definition) is 1. The van der Waals surface area contributed by atoms with Gasteiger partial charge in [-0.05, 0) is 34.8 Å². The lowest BCUT2D eigenvalue weighted by Crippen LogP contribution is -3.05. The Morgan fingerprint density at radius 1 is 0.537 bits per heavy atom. The highest BCUT2D eigenvalue weighted by molar-refractivity contribution is 5.58. The van der Waals surface area contributed by atoms with E-state index < -0.39 is 0 Å². The van der Waals surface area contributed by atoms with Crippen molar-refractivity contribution in [2.75, 3.05) is 0 Å². The fourth-order valence-corrected chi connectivity index (χ4v) is 6.44. The average molecular weight is 545 g/mol. The zero-order valence-electron chi connectivity index (χ0n) is 26.2. The Morgan fingerprint density at radius 2 is 1.05 bits per heavy atom. The van der Waals surface area contributed by atoms with Crippen molar-refractivity contribution in [2.45, 2.75) is 91.1 Å². The smallest absolute Gasteiger partial charge is 0.209 e. The molecule has 1 aliphatic rings. The van der Waals surface area contributed by atoms with Gasteiger partial charge in [0.15, 0.2) is 6.04 Å². The molecular formula is C39H48N2+2. The number of nitrogens with one attached hydrogen (secondary N) is 1. The molecule has 41 heavy (non-hydrogen) atoms. The van der Waals surface area contributed by atoms with Gasteiger partial charge in [-0.2, -0.15) is 0 Å². The highest BCUT2D eigenvalue weighted by atomic mass is 15.3. The number of rotatable bonds is 8. The van der Waals surface area contributed by atoms with Crippen LogP contribution in [0.1, 0.15) is 125 Å². The van der Waals surface area contributed by atoms with Gasteiger partial charge in [0.2, 0.25) is 11.7 Å². The SMILES string of the molecule is CC(C)c1ccc(C(C)C)c([N+]2=C[NH+](c3cc(C(C)C)ccc3C(C)C)[C@H](c3ccccc3)[C@H]2c2ccccc2)c1. The van der Waals surface area contributed by atoms with Gasteiger partial charge in [-0.1, -0.05) is 140 Å². The molecule has 0 aliphatic carbocycles. The third-order valence-corrected chi connectivity index (χ3v) is 8.83. The van der Waals surface area contributed by atoms with Gasteiger partial charge in [-0.25, -0.2) is 4.90 Å². The summed E-state index contributed by atoms with van der Waals surface area (Å²) in [5.41, 5.74) is 11.1. The van der Waals surface area contributed by atoms with E-state index >= 15 is 0 Å². The van der Waals surface area contributed by atoms with E-state index in [-0.39, 0.29) is 12.1 Å². The molecule has 1 N–H and O–H groups in total. The van der Waals surface area contributed by atoms with Crippen LogP contribution < -0.4 is 4.90 Å². The molecule has 2 heteroatoms. The molecule has 0 saturated carbocycles. The Kier molecular flexibility index (Phi) is 8.61. The Morgan fingerprint density at radius 3 is 1.59 bits per heavy atom. The molecule has 1 unspecified atom stereocenters. The van der Waals surface area contributed by atoms with Gasteiger partial charge in [0.1, 0.15) is 5.69 Å². The molecule has 3 atom stereocenters. The quantitative estimate of drug-likeness (QED) is 0.211. The van der Waals surface area contributed by atoms with Gasteiger partial charge >= 0.3 is 6.34 Å². The predicted octanol–water partition coefficient (Wildman–Crippen LogP) is 9.57. The molecule has 0 spiro atoms. The molecule has 212 valence electrons. The van der Waals surface area contributed by atoms with E-state index in [1.54, 1.807) is 0 Å². The average Bonchev–Trinajstić information content (AvgIpc) is 3.37. The highest BCUT2D eigenvalue weighted by Crippen LogP contribution is 2.41. The third-order valence-electron chi connectivity index (χ3n) is 8.83. The standard InChI is InChI=1S/C39H47N2/c1-26(2)32-19-21-34(28(5)6)36(23-32)40-25-41(37-24-33(27(3)4)20-22-35(37)29(7)8)39(31-17-13-10-14-18-31)38(40)30-15-11-9-12-16-30/h9-29,38-39H,1-8H3/q+1/p+1/t38-,39-/m1/s1. The van der Waals surface area contributed by atoms with Gasteiger partial charge in [0.25, 0.3) is 0 Å². The number of nitrogens with zero attached hydrogens (tertiary/aromatic N) is 1. The van der Waals surface area contributed by atoms with E-state index in [1.165, 1.54) is 49.7 Å². The number of quaternary nitrogens is 1. The molecule has 0 bridgehead atoms. The molecule has 0 radical (unpaired) electrons. The normalized spacial score (nSPS) is 19.0. The van der Waals surface area contributed by atoms with Crippen LogP contribution in [0, 0.1) is 0 Å². The van der Waals surface area contributed by atoms with E-state index in [1.807, 2.05) is 0 Å². The van der Waals surface area contributed by atoms with E-state index in [9.17, 15) is 0 Å². The molecule has 0 fully saturated rings. The van der Waals surface area contributed by atoms with Gasteiger partial charge in [-0.3, -0.25) is 0 Å². The van der Waals surface area contributed by atoms with Gasteiger partial charge < -0.3 is 0 Å². The van der Waals surface area contributed by atoms with Crippen LogP contribution in [-0.2, 0) is 0 Å². The molecule has 0 aromatic heterocycles. The van der Waals surface area contributed by atoms with E-state index in [4.69, 9.17) is 0 Å². The summed E-state index contributed by atoms with van der Waals surface area (Å²) in [5, 5.41) is 0. The van der Waals surface area contributed by atoms with Gasteiger partial charge in [0, 0.05) is 34.4 Å². The first-order valence-corrected chi connectivity index (χ1v) is 15.5. The fourth-order valence-electron chi connectivity index (χ4n) is 6.44. The van der Waals surface area contributed by atoms with Crippen molar-refractivity contribution in [3.8, 4) is 0 Å². The summed E-state index contributed by atoms with van der Waals surface area (Å²) in [7, 11) is 0. The second-order valence-electron chi connectivity index (χ2n) is 13.0. The molecule has 2 nitrogen and oxygen atoms in total. The summed E-state index contributed by atoms with van der Waals surface area (Å²) in [4.78, 5) is 1.42. The lowest BCUT2D eigenvalue weighted by Gasteiger charge is -2.24. The second-order valence-corrected chi connectivity index (χ2v) is 13.0. The van der Waals surface area contributed by atoms with Crippen LogP contribution in [0.15, 0.2) is 97.1 Å². The lowest BCUT2D eigenvalue weighted by molar-refractivity contribution is -0.758. The topological polar surface area (TPSA) is 7.45 Å². The Hall–Kier alpha value is -3.49. The van der Waals surface area contributed by atoms with Crippen LogP contribution in [0.2, 0.25) is 0 Å². The molecule has 0 amide bonds. The van der Waals surface area contributed by atoms with Crippen molar-refractivity contribution in [3.05, 3.63) is 130 Å². The second kappa shape index (κ2) is 12.2. The van der Waals surface area contributed by atoms with E-state index in [0.29, 0.717) is 23.7 Å². The zero-order valence-corrected chi connectivity index (χ0v) is 26.2. The Labute approximate surface area is 248 Å². The van der Waals surface area contributed by atoms with Crippen molar-refractivity contribution >= 4 is 17.7 Å². The maximum absolute atomic E-state index is 2.62. The van der Waals surface area contributed by atoms with Crippen LogP contribution in [0.4, 0.5) is 11.4 Å². The van der Waals surface area contributed by atoms with Crippen LogP contribution in [0.3, 0.4) is 0 Å². The summed E-state index contributed by atoms with van der Waals surface area (Å²) in [6.45, 7) is 18.5. The number of benzene rings is 4. The minimum atomic E-state index is 0.149. The van der Waals surface area contributed by atoms with Crippen molar-refractivity contribution in [3.63, 3.8) is 0 Å². The molecule has 0 saturated heterocycles. The van der Waals surface area contributed by atoms with Crippen molar-refractivity contribution in [2.24, 2.45) is 0 Å². The number of hydrogen-bond acceptors (Lipinski definition) is 0. The summed E-state index contributed by atoms with van der Waals surface area (Å²) in [5.74, 6) is 1.80.